The maximum atomic E-state index is 6.20. The molecule has 0 heterocycles. The van der Waals surface area contributed by atoms with Crippen LogP contribution in [0.1, 0.15) is 18.9 Å². The van der Waals surface area contributed by atoms with Gasteiger partial charge < -0.3 is 15.2 Å². The largest absolute Gasteiger partial charge is 0.493 e. The molecule has 0 radical (unpaired) electrons. The lowest BCUT2D eigenvalue weighted by Crippen LogP contribution is -2.04. The molecule has 0 spiro atoms. The Morgan fingerprint density at radius 2 is 2.17 bits per heavy atom. The number of nitrogens with two attached hydrogens (primary N) is 1. The van der Waals surface area contributed by atoms with Crippen LogP contribution in [0.2, 0.25) is 5.02 Å². The van der Waals surface area contributed by atoms with Gasteiger partial charge in [-0.3, -0.25) is 0 Å². The van der Waals surface area contributed by atoms with Gasteiger partial charge in [-0.05, 0) is 37.6 Å². The molecule has 0 aliphatic heterocycles. The van der Waals surface area contributed by atoms with Crippen molar-refractivity contribution in [2.75, 3.05) is 20.3 Å². The lowest BCUT2D eigenvalue weighted by Gasteiger charge is -2.14. The quantitative estimate of drug-likeness (QED) is 0.773. The highest BCUT2D eigenvalue weighted by Gasteiger charge is 2.11. The first-order valence-electron chi connectivity index (χ1n) is 5.92. The number of hydrogen-bond donors (Lipinski definition) is 1. The average Bonchev–Trinajstić information content (AvgIpc) is 2.31. The van der Waals surface area contributed by atoms with Gasteiger partial charge in [0.05, 0.1) is 18.7 Å². The van der Waals surface area contributed by atoms with E-state index < -0.39 is 0 Å². The predicted octanol–water partition coefficient (Wildman–Crippen LogP) is 3.19. The fraction of sp³-hybridized carbons (Fsp3) is 0.429. The molecule has 0 aromatic heterocycles. The highest BCUT2D eigenvalue weighted by molar-refractivity contribution is 6.32. The summed E-state index contributed by atoms with van der Waals surface area (Å²) in [5, 5.41) is 0.555. The van der Waals surface area contributed by atoms with Gasteiger partial charge in [0.25, 0.3) is 0 Å². The molecule has 0 saturated carbocycles. The fourth-order valence-electron chi connectivity index (χ4n) is 1.55. The van der Waals surface area contributed by atoms with Gasteiger partial charge in [0, 0.05) is 6.42 Å². The molecule has 0 amide bonds. The van der Waals surface area contributed by atoms with Gasteiger partial charge in [-0.15, -0.1) is 6.58 Å². The summed E-state index contributed by atoms with van der Waals surface area (Å²) in [6.45, 7) is 6.92. The Morgan fingerprint density at radius 1 is 1.44 bits per heavy atom. The Bertz CT molecular complexity index is 419. The summed E-state index contributed by atoms with van der Waals surface area (Å²) in [4.78, 5) is 0. The van der Waals surface area contributed by atoms with Crippen molar-refractivity contribution >= 4 is 11.6 Å². The van der Waals surface area contributed by atoms with E-state index in [1.165, 1.54) is 0 Å². The SMILES string of the molecule is C=C(C)CCOc1c(Cl)cc(CCN)cc1OC. The monoisotopic (exact) mass is 269 g/mol. The molecule has 3 nitrogen and oxygen atoms in total. The molecule has 1 rings (SSSR count). The van der Waals surface area contributed by atoms with Crippen LogP contribution in [0.15, 0.2) is 24.3 Å². The lowest BCUT2D eigenvalue weighted by molar-refractivity contribution is 0.297. The van der Waals surface area contributed by atoms with Crippen molar-refractivity contribution in [2.45, 2.75) is 19.8 Å². The van der Waals surface area contributed by atoms with E-state index >= 15 is 0 Å². The highest BCUT2D eigenvalue weighted by Crippen LogP contribution is 2.36. The summed E-state index contributed by atoms with van der Waals surface area (Å²) in [5.74, 6) is 1.23. The number of benzene rings is 1. The molecule has 0 atom stereocenters. The summed E-state index contributed by atoms with van der Waals surface area (Å²) >= 11 is 6.20. The molecule has 0 bridgehead atoms. The molecule has 2 N–H and O–H groups in total. The van der Waals surface area contributed by atoms with E-state index in [1.54, 1.807) is 7.11 Å². The van der Waals surface area contributed by atoms with Crippen LogP contribution in [0, 0.1) is 0 Å². The highest BCUT2D eigenvalue weighted by atomic mass is 35.5. The van der Waals surface area contributed by atoms with Crippen molar-refractivity contribution in [1.82, 2.24) is 0 Å². The zero-order chi connectivity index (χ0) is 13.5. The molecule has 4 heteroatoms. The van der Waals surface area contributed by atoms with Crippen molar-refractivity contribution in [3.05, 3.63) is 34.9 Å². The molecule has 0 aliphatic carbocycles. The minimum absolute atomic E-state index is 0.543. The van der Waals surface area contributed by atoms with E-state index in [0.29, 0.717) is 29.7 Å². The van der Waals surface area contributed by atoms with E-state index in [1.807, 2.05) is 19.1 Å². The Labute approximate surface area is 114 Å². The van der Waals surface area contributed by atoms with Gasteiger partial charge >= 0.3 is 0 Å². The van der Waals surface area contributed by atoms with Crippen LogP contribution in [-0.4, -0.2) is 20.3 Å². The topological polar surface area (TPSA) is 44.5 Å². The average molecular weight is 270 g/mol. The molecule has 0 aliphatic rings. The third-order valence-electron chi connectivity index (χ3n) is 2.50. The summed E-state index contributed by atoms with van der Waals surface area (Å²) < 4.78 is 11.0. The minimum atomic E-state index is 0.543. The molecule has 0 unspecified atom stereocenters. The number of ether oxygens (including phenoxy) is 2. The van der Waals surface area contributed by atoms with Crippen LogP contribution in [0.25, 0.3) is 0 Å². The van der Waals surface area contributed by atoms with Crippen molar-refractivity contribution in [3.8, 4) is 11.5 Å². The fourth-order valence-corrected chi connectivity index (χ4v) is 1.84. The first-order valence-corrected chi connectivity index (χ1v) is 6.30. The Hall–Kier alpha value is -1.19. The lowest BCUT2D eigenvalue weighted by atomic mass is 10.1. The molecule has 1 aromatic rings. The van der Waals surface area contributed by atoms with Crippen molar-refractivity contribution in [1.29, 1.82) is 0 Å². The number of halogens is 1. The second-order valence-electron chi connectivity index (χ2n) is 4.20. The molecule has 1 aromatic carbocycles. The van der Waals surface area contributed by atoms with Gasteiger partial charge in [-0.1, -0.05) is 17.2 Å². The summed E-state index contributed by atoms with van der Waals surface area (Å²) in [7, 11) is 1.60. The minimum Gasteiger partial charge on any atom is -0.493 e. The molecule has 100 valence electrons. The van der Waals surface area contributed by atoms with E-state index in [4.69, 9.17) is 26.8 Å². The zero-order valence-electron chi connectivity index (χ0n) is 11.0. The standard InChI is InChI=1S/C14H20ClNO2/c1-10(2)5-7-18-14-12(15)8-11(4-6-16)9-13(14)17-3/h8-9H,1,4-7,16H2,2-3H3. The van der Waals surface area contributed by atoms with Gasteiger partial charge in [-0.2, -0.15) is 0 Å². The van der Waals surface area contributed by atoms with Gasteiger partial charge in [-0.25, -0.2) is 0 Å². The molecule has 0 saturated heterocycles. The Kier molecular flexibility index (Phi) is 6.02. The summed E-state index contributed by atoms with van der Waals surface area (Å²) in [6.07, 6.45) is 1.56. The molecular weight excluding hydrogens is 250 g/mol. The third-order valence-corrected chi connectivity index (χ3v) is 2.78. The van der Waals surface area contributed by atoms with E-state index in [2.05, 4.69) is 6.58 Å². The summed E-state index contributed by atoms with van der Waals surface area (Å²) in [6, 6.07) is 3.78. The van der Waals surface area contributed by atoms with Crippen LogP contribution >= 0.6 is 11.6 Å². The van der Waals surface area contributed by atoms with Crippen LogP contribution in [0.3, 0.4) is 0 Å². The van der Waals surface area contributed by atoms with Gasteiger partial charge in [0.1, 0.15) is 0 Å². The van der Waals surface area contributed by atoms with Crippen LogP contribution < -0.4 is 15.2 Å². The summed E-state index contributed by atoms with van der Waals surface area (Å²) in [5.41, 5.74) is 7.65. The van der Waals surface area contributed by atoms with E-state index in [9.17, 15) is 0 Å². The second kappa shape index (κ2) is 7.29. The third kappa shape index (κ3) is 4.24. The normalized spacial score (nSPS) is 10.2. The van der Waals surface area contributed by atoms with Crippen molar-refractivity contribution in [3.63, 3.8) is 0 Å². The van der Waals surface area contributed by atoms with Gasteiger partial charge in [0.15, 0.2) is 11.5 Å². The van der Waals surface area contributed by atoms with E-state index in [-0.39, 0.29) is 0 Å². The first-order chi connectivity index (χ1) is 8.58. The number of methoxy groups -OCH3 is 1. The molecule has 18 heavy (non-hydrogen) atoms. The maximum Gasteiger partial charge on any atom is 0.179 e. The van der Waals surface area contributed by atoms with Crippen molar-refractivity contribution in [2.24, 2.45) is 5.73 Å². The number of rotatable bonds is 7. The predicted molar refractivity (Wildman–Crippen MR) is 75.7 cm³/mol. The molecule has 0 fully saturated rings. The van der Waals surface area contributed by atoms with Crippen LogP contribution in [0.4, 0.5) is 0 Å². The van der Waals surface area contributed by atoms with Crippen molar-refractivity contribution < 1.29 is 9.47 Å². The Morgan fingerprint density at radius 3 is 2.72 bits per heavy atom. The van der Waals surface area contributed by atoms with Gasteiger partial charge in [0.2, 0.25) is 0 Å². The Balaban J connectivity index is 2.85. The maximum absolute atomic E-state index is 6.20. The smallest absolute Gasteiger partial charge is 0.179 e. The first kappa shape index (κ1) is 14.9. The second-order valence-corrected chi connectivity index (χ2v) is 4.61. The van der Waals surface area contributed by atoms with Crippen LogP contribution in [-0.2, 0) is 6.42 Å². The zero-order valence-corrected chi connectivity index (χ0v) is 11.7. The number of hydrogen-bond acceptors (Lipinski definition) is 3. The van der Waals surface area contributed by atoms with Crippen LogP contribution in [0.5, 0.6) is 11.5 Å². The molecular formula is C14H20ClNO2. The van der Waals surface area contributed by atoms with E-state index in [0.717, 1.165) is 24.0 Å².